The van der Waals surface area contributed by atoms with Crippen LogP contribution in [0.15, 0.2) is 0 Å². The van der Waals surface area contributed by atoms with Gasteiger partial charge in [-0.05, 0) is 31.7 Å². The molecule has 1 N–H and O–H groups in total. The summed E-state index contributed by atoms with van der Waals surface area (Å²) in [6.07, 6.45) is 3.87. The topological polar surface area (TPSA) is 49.0 Å². The first-order valence-corrected chi connectivity index (χ1v) is 7.84. The molecule has 0 aliphatic heterocycles. The SMILES string of the molecule is CCCNC(COCCOCCOCCOC)C1CC1. The van der Waals surface area contributed by atoms with Crippen molar-refractivity contribution >= 4 is 0 Å². The molecule has 1 unspecified atom stereocenters. The quantitative estimate of drug-likeness (QED) is 0.463. The van der Waals surface area contributed by atoms with Crippen LogP contribution in [0.25, 0.3) is 0 Å². The number of methoxy groups -OCH3 is 1. The van der Waals surface area contributed by atoms with Gasteiger partial charge in [0.05, 0.1) is 46.2 Å². The van der Waals surface area contributed by atoms with Gasteiger partial charge in [-0.25, -0.2) is 0 Å². The fraction of sp³-hybridized carbons (Fsp3) is 1.00. The maximum absolute atomic E-state index is 5.69. The minimum atomic E-state index is 0.535. The number of nitrogens with one attached hydrogen (secondary N) is 1. The Kier molecular flexibility index (Phi) is 11.2. The zero-order valence-corrected chi connectivity index (χ0v) is 13.1. The lowest BCUT2D eigenvalue weighted by Crippen LogP contribution is -2.36. The third-order valence-electron chi connectivity index (χ3n) is 3.32. The highest BCUT2D eigenvalue weighted by Crippen LogP contribution is 2.32. The molecule has 0 radical (unpaired) electrons. The number of rotatable bonds is 15. The van der Waals surface area contributed by atoms with Gasteiger partial charge < -0.3 is 24.3 Å². The lowest BCUT2D eigenvalue weighted by molar-refractivity contribution is 0.0000284. The van der Waals surface area contributed by atoms with Crippen molar-refractivity contribution in [2.24, 2.45) is 5.92 Å². The van der Waals surface area contributed by atoms with Gasteiger partial charge in [-0.2, -0.15) is 0 Å². The van der Waals surface area contributed by atoms with Crippen LogP contribution < -0.4 is 5.32 Å². The van der Waals surface area contributed by atoms with Gasteiger partial charge in [0.25, 0.3) is 0 Å². The molecular formula is C15H31NO4. The second-order valence-corrected chi connectivity index (χ2v) is 5.19. The van der Waals surface area contributed by atoms with E-state index in [1.807, 2.05) is 0 Å². The Balaban J connectivity index is 1.83. The summed E-state index contributed by atoms with van der Waals surface area (Å²) in [5.41, 5.74) is 0. The number of ether oxygens (including phenoxy) is 4. The zero-order valence-electron chi connectivity index (χ0n) is 13.1. The second-order valence-electron chi connectivity index (χ2n) is 5.19. The monoisotopic (exact) mass is 289 g/mol. The molecule has 1 atom stereocenters. The van der Waals surface area contributed by atoms with E-state index in [4.69, 9.17) is 18.9 Å². The van der Waals surface area contributed by atoms with Gasteiger partial charge in [0.1, 0.15) is 0 Å². The van der Waals surface area contributed by atoms with E-state index < -0.39 is 0 Å². The molecule has 1 aliphatic rings. The van der Waals surface area contributed by atoms with Gasteiger partial charge in [0, 0.05) is 13.2 Å². The van der Waals surface area contributed by atoms with E-state index in [2.05, 4.69) is 12.2 Å². The minimum absolute atomic E-state index is 0.535. The maximum Gasteiger partial charge on any atom is 0.0701 e. The third-order valence-corrected chi connectivity index (χ3v) is 3.32. The molecule has 1 aliphatic carbocycles. The van der Waals surface area contributed by atoms with Crippen LogP contribution >= 0.6 is 0 Å². The normalized spacial score (nSPS) is 16.5. The summed E-state index contributed by atoms with van der Waals surface area (Å²) in [6.45, 7) is 7.88. The molecule has 0 saturated heterocycles. The molecular weight excluding hydrogens is 258 g/mol. The zero-order chi connectivity index (χ0) is 14.5. The van der Waals surface area contributed by atoms with Crippen LogP contribution in [0.3, 0.4) is 0 Å². The molecule has 0 bridgehead atoms. The summed E-state index contributed by atoms with van der Waals surface area (Å²) >= 11 is 0. The van der Waals surface area contributed by atoms with E-state index in [9.17, 15) is 0 Å². The second kappa shape index (κ2) is 12.5. The summed E-state index contributed by atoms with van der Waals surface area (Å²) in [4.78, 5) is 0. The smallest absolute Gasteiger partial charge is 0.0701 e. The highest BCUT2D eigenvalue weighted by molar-refractivity contribution is 4.86. The van der Waals surface area contributed by atoms with Crippen LogP contribution in [0, 0.1) is 5.92 Å². The van der Waals surface area contributed by atoms with Crippen LogP contribution in [-0.4, -0.2) is 65.9 Å². The van der Waals surface area contributed by atoms with Gasteiger partial charge in [0.2, 0.25) is 0 Å². The lowest BCUT2D eigenvalue weighted by atomic mass is 10.2. The van der Waals surface area contributed by atoms with Crippen LogP contribution in [-0.2, 0) is 18.9 Å². The molecule has 1 saturated carbocycles. The first-order chi connectivity index (χ1) is 9.88. The summed E-state index contributed by atoms with van der Waals surface area (Å²) in [5, 5.41) is 3.56. The van der Waals surface area contributed by atoms with Crippen molar-refractivity contribution in [3.8, 4) is 0 Å². The van der Waals surface area contributed by atoms with Gasteiger partial charge >= 0.3 is 0 Å². The summed E-state index contributed by atoms with van der Waals surface area (Å²) < 4.78 is 21.3. The molecule has 0 aromatic rings. The lowest BCUT2D eigenvalue weighted by Gasteiger charge is -2.18. The molecule has 0 amide bonds. The molecule has 0 aromatic carbocycles. The van der Waals surface area contributed by atoms with Crippen LogP contribution in [0.1, 0.15) is 26.2 Å². The third kappa shape index (κ3) is 9.66. The standard InChI is InChI=1S/C15H31NO4/c1-3-6-16-15(14-4-5-14)13-20-12-11-19-10-9-18-8-7-17-2/h14-16H,3-13H2,1-2H3. The van der Waals surface area contributed by atoms with Gasteiger partial charge in [0.15, 0.2) is 0 Å². The van der Waals surface area contributed by atoms with Crippen molar-refractivity contribution in [3.63, 3.8) is 0 Å². The van der Waals surface area contributed by atoms with Crippen LogP contribution in [0.4, 0.5) is 0 Å². The Morgan fingerprint density at radius 3 is 2.10 bits per heavy atom. The molecule has 0 heterocycles. The van der Waals surface area contributed by atoms with Crippen molar-refractivity contribution in [3.05, 3.63) is 0 Å². The Bertz CT molecular complexity index is 212. The van der Waals surface area contributed by atoms with E-state index in [0.29, 0.717) is 45.7 Å². The maximum atomic E-state index is 5.69. The average Bonchev–Trinajstić information content (AvgIpc) is 3.28. The van der Waals surface area contributed by atoms with Gasteiger partial charge in [-0.15, -0.1) is 0 Å². The number of hydrogen-bond donors (Lipinski definition) is 1. The van der Waals surface area contributed by atoms with Crippen molar-refractivity contribution in [2.45, 2.75) is 32.2 Å². The van der Waals surface area contributed by atoms with Crippen LogP contribution in [0.5, 0.6) is 0 Å². The summed E-state index contributed by atoms with van der Waals surface area (Å²) in [6, 6.07) is 0.535. The molecule has 20 heavy (non-hydrogen) atoms. The Morgan fingerprint density at radius 2 is 1.55 bits per heavy atom. The van der Waals surface area contributed by atoms with Crippen molar-refractivity contribution in [1.29, 1.82) is 0 Å². The van der Waals surface area contributed by atoms with Crippen molar-refractivity contribution < 1.29 is 18.9 Å². The largest absolute Gasteiger partial charge is 0.382 e. The Labute approximate surface area is 123 Å². The first kappa shape index (κ1) is 17.9. The fourth-order valence-electron chi connectivity index (χ4n) is 1.98. The van der Waals surface area contributed by atoms with E-state index in [1.165, 1.54) is 19.3 Å². The first-order valence-electron chi connectivity index (χ1n) is 7.84. The number of hydrogen-bond acceptors (Lipinski definition) is 5. The minimum Gasteiger partial charge on any atom is -0.382 e. The van der Waals surface area contributed by atoms with Crippen molar-refractivity contribution in [2.75, 3.05) is 59.9 Å². The Morgan fingerprint density at radius 1 is 0.950 bits per heavy atom. The summed E-state index contributed by atoms with van der Waals surface area (Å²) in [7, 11) is 1.67. The molecule has 5 heteroatoms. The van der Waals surface area contributed by atoms with Crippen LogP contribution in [0.2, 0.25) is 0 Å². The average molecular weight is 289 g/mol. The van der Waals surface area contributed by atoms with Crippen molar-refractivity contribution in [1.82, 2.24) is 5.32 Å². The van der Waals surface area contributed by atoms with Gasteiger partial charge in [-0.3, -0.25) is 0 Å². The molecule has 120 valence electrons. The highest BCUT2D eigenvalue weighted by atomic mass is 16.6. The molecule has 5 nitrogen and oxygen atoms in total. The predicted molar refractivity (Wildman–Crippen MR) is 79.1 cm³/mol. The highest BCUT2D eigenvalue weighted by Gasteiger charge is 2.30. The fourth-order valence-corrected chi connectivity index (χ4v) is 1.98. The molecule has 0 aromatic heterocycles. The Hall–Kier alpha value is -0.200. The molecule has 1 rings (SSSR count). The van der Waals surface area contributed by atoms with E-state index in [1.54, 1.807) is 7.11 Å². The summed E-state index contributed by atoms with van der Waals surface area (Å²) in [5.74, 6) is 0.830. The van der Waals surface area contributed by atoms with E-state index in [0.717, 1.165) is 19.1 Å². The van der Waals surface area contributed by atoms with E-state index in [-0.39, 0.29) is 0 Å². The molecule has 0 spiro atoms. The predicted octanol–water partition coefficient (Wildman–Crippen LogP) is 1.46. The van der Waals surface area contributed by atoms with E-state index >= 15 is 0 Å². The molecule has 1 fully saturated rings. The van der Waals surface area contributed by atoms with Gasteiger partial charge in [-0.1, -0.05) is 6.92 Å².